The molecule has 0 saturated carbocycles. The Balaban J connectivity index is 1.66. The molecule has 5 heteroatoms. The van der Waals surface area contributed by atoms with Crippen molar-refractivity contribution in [3.63, 3.8) is 0 Å². The van der Waals surface area contributed by atoms with Gasteiger partial charge in [-0.2, -0.15) is 0 Å². The largest absolute Gasteiger partial charge is 0.497 e. The van der Waals surface area contributed by atoms with Crippen molar-refractivity contribution in [2.75, 3.05) is 19.0 Å². The van der Waals surface area contributed by atoms with Crippen molar-refractivity contribution >= 4 is 22.9 Å². The SMILES string of the molecule is COc1cccc(NC(=O)CN[C@H](c2ccccc2)c2cccs2)c1. The summed E-state index contributed by atoms with van der Waals surface area (Å²) in [6, 6.07) is 21.6. The summed E-state index contributed by atoms with van der Waals surface area (Å²) in [5, 5.41) is 8.29. The van der Waals surface area contributed by atoms with Crippen molar-refractivity contribution in [2.45, 2.75) is 6.04 Å². The molecule has 1 aromatic heterocycles. The van der Waals surface area contributed by atoms with Crippen LogP contribution >= 0.6 is 11.3 Å². The summed E-state index contributed by atoms with van der Waals surface area (Å²) in [5.41, 5.74) is 1.86. The van der Waals surface area contributed by atoms with Crippen LogP contribution in [0, 0.1) is 0 Å². The molecule has 0 aliphatic rings. The van der Waals surface area contributed by atoms with Crippen LogP contribution in [0.25, 0.3) is 0 Å². The third kappa shape index (κ3) is 4.68. The first-order valence-electron chi connectivity index (χ1n) is 8.02. The molecule has 0 spiro atoms. The third-order valence-electron chi connectivity index (χ3n) is 3.78. The van der Waals surface area contributed by atoms with E-state index in [0.29, 0.717) is 5.75 Å². The number of ether oxygens (including phenoxy) is 1. The lowest BCUT2D eigenvalue weighted by Gasteiger charge is -2.18. The Labute approximate surface area is 151 Å². The second-order valence-corrected chi connectivity index (χ2v) is 6.50. The van der Waals surface area contributed by atoms with Gasteiger partial charge < -0.3 is 10.1 Å². The van der Waals surface area contributed by atoms with Crippen LogP contribution < -0.4 is 15.4 Å². The quantitative estimate of drug-likeness (QED) is 0.674. The van der Waals surface area contributed by atoms with Gasteiger partial charge in [0, 0.05) is 16.6 Å². The zero-order chi connectivity index (χ0) is 17.5. The van der Waals surface area contributed by atoms with Gasteiger partial charge in [0.25, 0.3) is 0 Å². The minimum absolute atomic E-state index is 0.00254. The number of hydrogen-bond acceptors (Lipinski definition) is 4. The number of anilines is 1. The highest BCUT2D eigenvalue weighted by atomic mass is 32.1. The van der Waals surface area contributed by atoms with Crippen molar-refractivity contribution in [2.24, 2.45) is 0 Å². The van der Waals surface area contributed by atoms with E-state index in [-0.39, 0.29) is 18.5 Å². The normalized spacial score (nSPS) is 11.7. The molecule has 3 rings (SSSR count). The molecule has 0 radical (unpaired) electrons. The van der Waals surface area contributed by atoms with Crippen LogP contribution in [-0.2, 0) is 4.79 Å². The summed E-state index contributed by atoms with van der Waals surface area (Å²) in [7, 11) is 1.61. The van der Waals surface area contributed by atoms with Gasteiger partial charge in [0.1, 0.15) is 5.75 Å². The second-order valence-electron chi connectivity index (χ2n) is 5.52. The summed E-state index contributed by atoms with van der Waals surface area (Å²) >= 11 is 1.68. The van der Waals surface area contributed by atoms with Crippen LogP contribution in [0.4, 0.5) is 5.69 Å². The number of hydrogen-bond donors (Lipinski definition) is 2. The number of methoxy groups -OCH3 is 1. The van der Waals surface area contributed by atoms with Crippen molar-refractivity contribution in [1.29, 1.82) is 0 Å². The zero-order valence-corrected chi connectivity index (χ0v) is 14.8. The smallest absolute Gasteiger partial charge is 0.238 e. The fourth-order valence-corrected chi connectivity index (χ4v) is 3.41. The minimum atomic E-state index is -0.0919. The molecular weight excluding hydrogens is 332 g/mol. The summed E-state index contributed by atoms with van der Waals surface area (Å²) in [6.45, 7) is 0.217. The summed E-state index contributed by atoms with van der Waals surface area (Å²) in [6.07, 6.45) is 0. The Hall–Kier alpha value is -2.63. The predicted octanol–water partition coefficient (Wildman–Crippen LogP) is 4.07. The van der Waals surface area contributed by atoms with Gasteiger partial charge in [0.15, 0.2) is 0 Å². The molecule has 2 aromatic carbocycles. The van der Waals surface area contributed by atoms with Gasteiger partial charge >= 0.3 is 0 Å². The first-order valence-corrected chi connectivity index (χ1v) is 8.90. The monoisotopic (exact) mass is 352 g/mol. The number of carbonyl (C=O) groups excluding carboxylic acids is 1. The van der Waals surface area contributed by atoms with Gasteiger partial charge in [-0.3, -0.25) is 10.1 Å². The highest BCUT2D eigenvalue weighted by Crippen LogP contribution is 2.25. The lowest BCUT2D eigenvalue weighted by Crippen LogP contribution is -2.31. The zero-order valence-electron chi connectivity index (χ0n) is 13.9. The maximum Gasteiger partial charge on any atom is 0.238 e. The van der Waals surface area contributed by atoms with Crippen molar-refractivity contribution in [3.05, 3.63) is 82.6 Å². The Morgan fingerprint density at radius 1 is 1.08 bits per heavy atom. The van der Waals surface area contributed by atoms with E-state index in [2.05, 4.69) is 28.8 Å². The fourth-order valence-electron chi connectivity index (χ4n) is 2.58. The van der Waals surface area contributed by atoms with Gasteiger partial charge in [-0.1, -0.05) is 42.5 Å². The minimum Gasteiger partial charge on any atom is -0.497 e. The van der Waals surface area contributed by atoms with Crippen LogP contribution in [0.2, 0.25) is 0 Å². The van der Waals surface area contributed by atoms with E-state index < -0.39 is 0 Å². The lowest BCUT2D eigenvalue weighted by atomic mass is 10.1. The highest BCUT2D eigenvalue weighted by molar-refractivity contribution is 7.10. The number of nitrogens with one attached hydrogen (secondary N) is 2. The van der Waals surface area contributed by atoms with E-state index in [4.69, 9.17) is 4.74 Å². The molecule has 2 N–H and O–H groups in total. The number of amides is 1. The predicted molar refractivity (Wildman–Crippen MR) is 102 cm³/mol. The second kappa shape index (κ2) is 8.46. The van der Waals surface area contributed by atoms with Crippen LogP contribution in [0.1, 0.15) is 16.5 Å². The topological polar surface area (TPSA) is 50.4 Å². The molecule has 0 aliphatic carbocycles. The van der Waals surface area contributed by atoms with Crippen molar-refractivity contribution < 1.29 is 9.53 Å². The van der Waals surface area contributed by atoms with E-state index in [9.17, 15) is 4.79 Å². The standard InChI is InChI=1S/C20H20N2O2S/c1-24-17-10-5-9-16(13-17)22-19(23)14-21-20(18-11-6-12-25-18)15-7-3-2-4-8-15/h2-13,20-21H,14H2,1H3,(H,22,23)/t20-/m1/s1. The van der Waals surface area contributed by atoms with Crippen LogP contribution in [0.15, 0.2) is 72.1 Å². The van der Waals surface area contributed by atoms with Gasteiger partial charge in [-0.15, -0.1) is 11.3 Å². The molecule has 4 nitrogen and oxygen atoms in total. The molecule has 128 valence electrons. The highest BCUT2D eigenvalue weighted by Gasteiger charge is 2.16. The average Bonchev–Trinajstić information content (AvgIpc) is 3.17. The molecule has 0 fully saturated rings. The maximum atomic E-state index is 12.3. The number of rotatable bonds is 7. The maximum absolute atomic E-state index is 12.3. The molecule has 0 aliphatic heterocycles. The Morgan fingerprint density at radius 2 is 1.92 bits per heavy atom. The van der Waals surface area contributed by atoms with Crippen LogP contribution in [0.5, 0.6) is 5.75 Å². The van der Waals surface area contributed by atoms with E-state index in [1.807, 2.05) is 47.8 Å². The Bertz CT molecular complexity index is 804. The number of carbonyl (C=O) groups is 1. The number of thiophene rings is 1. The molecule has 0 saturated heterocycles. The molecule has 3 aromatic rings. The first kappa shape index (κ1) is 17.2. The average molecular weight is 352 g/mol. The molecule has 1 atom stereocenters. The molecular formula is C20H20N2O2S. The van der Waals surface area contributed by atoms with E-state index in [1.165, 1.54) is 4.88 Å². The molecule has 0 bridgehead atoms. The van der Waals surface area contributed by atoms with Crippen LogP contribution in [-0.4, -0.2) is 19.6 Å². The van der Waals surface area contributed by atoms with E-state index in [1.54, 1.807) is 24.5 Å². The van der Waals surface area contributed by atoms with E-state index in [0.717, 1.165) is 11.3 Å². The third-order valence-corrected chi connectivity index (χ3v) is 4.72. The Morgan fingerprint density at radius 3 is 2.64 bits per heavy atom. The number of benzene rings is 2. The lowest BCUT2D eigenvalue weighted by molar-refractivity contribution is -0.115. The first-order chi connectivity index (χ1) is 12.3. The molecule has 25 heavy (non-hydrogen) atoms. The molecule has 1 amide bonds. The summed E-state index contributed by atoms with van der Waals surface area (Å²) in [4.78, 5) is 13.5. The summed E-state index contributed by atoms with van der Waals surface area (Å²) in [5.74, 6) is 0.622. The molecule has 1 heterocycles. The summed E-state index contributed by atoms with van der Waals surface area (Å²) < 4.78 is 5.18. The molecule has 0 unspecified atom stereocenters. The van der Waals surface area contributed by atoms with Gasteiger partial charge in [0.2, 0.25) is 5.91 Å². The Kier molecular flexibility index (Phi) is 5.82. The van der Waals surface area contributed by atoms with Gasteiger partial charge in [0.05, 0.1) is 19.7 Å². The van der Waals surface area contributed by atoms with Crippen molar-refractivity contribution in [1.82, 2.24) is 5.32 Å². The van der Waals surface area contributed by atoms with E-state index >= 15 is 0 Å². The van der Waals surface area contributed by atoms with Gasteiger partial charge in [-0.05, 0) is 29.1 Å². The van der Waals surface area contributed by atoms with Gasteiger partial charge in [-0.25, -0.2) is 0 Å². The van der Waals surface area contributed by atoms with Crippen LogP contribution in [0.3, 0.4) is 0 Å². The fraction of sp³-hybridized carbons (Fsp3) is 0.150. The van der Waals surface area contributed by atoms with Crippen molar-refractivity contribution in [3.8, 4) is 5.75 Å².